The number of rotatable bonds is 3. The van der Waals surface area contributed by atoms with Crippen molar-refractivity contribution in [1.82, 2.24) is 3.93 Å². The highest BCUT2D eigenvalue weighted by Crippen LogP contribution is 2.23. The van der Waals surface area contributed by atoms with Crippen LogP contribution in [0.5, 0.6) is 0 Å². The van der Waals surface area contributed by atoms with Gasteiger partial charge in [0.25, 0.3) is 0 Å². The molecule has 84 valence electrons. The van der Waals surface area contributed by atoms with E-state index in [-0.39, 0.29) is 0 Å². The predicted molar refractivity (Wildman–Crippen MR) is 68.9 cm³/mol. The zero-order valence-corrected chi connectivity index (χ0v) is 10.7. The van der Waals surface area contributed by atoms with Gasteiger partial charge in [0.05, 0.1) is 29.3 Å². The van der Waals surface area contributed by atoms with Crippen molar-refractivity contribution in [3.8, 4) is 0 Å². The van der Waals surface area contributed by atoms with Crippen LogP contribution in [-0.4, -0.2) is 17.1 Å². The Labute approximate surface area is 105 Å². The molecule has 0 amide bonds. The summed E-state index contributed by atoms with van der Waals surface area (Å²) >= 11 is 3.53. The summed E-state index contributed by atoms with van der Waals surface area (Å²) in [5.74, 6) is 0.837. The van der Waals surface area contributed by atoms with Crippen LogP contribution in [0.4, 0.5) is 0 Å². The molecule has 1 heterocycles. The van der Waals surface area contributed by atoms with Gasteiger partial charge in [-0.2, -0.15) is 0 Å². The number of hydrogen-bond acceptors (Lipinski definition) is 2. The fourth-order valence-corrected chi connectivity index (χ4v) is 2.28. The third-order valence-electron chi connectivity index (χ3n) is 2.57. The van der Waals surface area contributed by atoms with Crippen LogP contribution in [0.25, 0.3) is 0 Å². The molecule has 0 bridgehead atoms. The molecule has 1 atom stereocenters. The van der Waals surface area contributed by atoms with Crippen molar-refractivity contribution < 1.29 is 4.74 Å². The molecule has 2 rings (SSSR count). The van der Waals surface area contributed by atoms with Crippen molar-refractivity contribution in [2.45, 2.75) is 12.5 Å². The van der Waals surface area contributed by atoms with Crippen LogP contribution in [-0.2, 0) is 11.2 Å². The number of hydrogen-bond donors (Lipinski definition) is 0. The van der Waals surface area contributed by atoms with E-state index in [4.69, 9.17) is 4.74 Å². The van der Waals surface area contributed by atoms with Crippen molar-refractivity contribution in [2.75, 3.05) is 7.11 Å². The Kier molecular flexibility index (Phi) is 3.67. The summed E-state index contributed by atoms with van der Waals surface area (Å²) in [7, 11) is 1.68. The second kappa shape index (κ2) is 5.21. The Morgan fingerprint density at radius 1 is 1.31 bits per heavy atom. The molecule has 2 nitrogen and oxygen atoms in total. The van der Waals surface area contributed by atoms with Crippen LogP contribution in [0.2, 0.25) is 0 Å². The van der Waals surface area contributed by atoms with Gasteiger partial charge in [-0.3, -0.25) is 3.93 Å². The average Bonchev–Trinajstić information content (AvgIpc) is 2.33. The van der Waals surface area contributed by atoms with Crippen molar-refractivity contribution >= 4 is 16.1 Å². The minimum absolute atomic E-state index is 0.294. The Morgan fingerprint density at radius 2 is 2.06 bits per heavy atom. The number of benzene rings is 1. The van der Waals surface area contributed by atoms with Crippen LogP contribution < -0.4 is 0 Å². The van der Waals surface area contributed by atoms with Gasteiger partial charge in [-0.1, -0.05) is 42.5 Å². The summed E-state index contributed by atoms with van der Waals surface area (Å²) in [6.45, 7) is 0. The zero-order chi connectivity index (χ0) is 11.4. The molecular formula is C13H14BrNO. The number of methoxy groups -OCH3 is 1. The second-order valence-electron chi connectivity index (χ2n) is 3.66. The summed E-state index contributed by atoms with van der Waals surface area (Å²) in [5.41, 5.74) is 1.32. The molecule has 1 aliphatic rings. The van der Waals surface area contributed by atoms with E-state index in [1.807, 2.05) is 22.1 Å². The topological polar surface area (TPSA) is 12.5 Å². The lowest BCUT2D eigenvalue weighted by Crippen LogP contribution is -2.29. The van der Waals surface area contributed by atoms with Crippen molar-refractivity contribution in [3.05, 3.63) is 60.0 Å². The molecule has 1 aromatic rings. The van der Waals surface area contributed by atoms with E-state index < -0.39 is 0 Å². The highest BCUT2D eigenvalue weighted by atomic mass is 79.9. The van der Waals surface area contributed by atoms with E-state index >= 15 is 0 Å². The Balaban J connectivity index is 2.07. The highest BCUT2D eigenvalue weighted by Gasteiger charge is 2.19. The largest absolute Gasteiger partial charge is 0.482 e. The van der Waals surface area contributed by atoms with Crippen LogP contribution >= 0.6 is 16.1 Å². The van der Waals surface area contributed by atoms with Gasteiger partial charge < -0.3 is 4.74 Å². The number of ether oxygens (including phenoxy) is 1. The Hall–Kier alpha value is -1.22. The first-order chi connectivity index (χ1) is 7.81. The summed E-state index contributed by atoms with van der Waals surface area (Å²) < 4.78 is 7.23. The molecule has 16 heavy (non-hydrogen) atoms. The van der Waals surface area contributed by atoms with Crippen LogP contribution in [0, 0.1) is 0 Å². The van der Waals surface area contributed by atoms with Gasteiger partial charge in [-0.05, 0) is 18.1 Å². The molecule has 0 fully saturated rings. The van der Waals surface area contributed by atoms with Gasteiger partial charge in [-0.15, -0.1) is 0 Å². The minimum atomic E-state index is 0.294. The zero-order valence-electron chi connectivity index (χ0n) is 9.14. The average molecular weight is 280 g/mol. The molecule has 0 radical (unpaired) electrons. The summed E-state index contributed by atoms with van der Waals surface area (Å²) in [6, 6.07) is 10.7. The summed E-state index contributed by atoms with van der Waals surface area (Å²) in [4.78, 5) is 0. The molecule has 0 aromatic heterocycles. The highest BCUT2D eigenvalue weighted by molar-refractivity contribution is 9.07. The maximum Gasteiger partial charge on any atom is 0.199 e. The minimum Gasteiger partial charge on any atom is -0.482 e. The third-order valence-corrected chi connectivity index (χ3v) is 3.45. The van der Waals surface area contributed by atoms with Crippen molar-refractivity contribution in [2.24, 2.45) is 0 Å². The third kappa shape index (κ3) is 2.47. The maximum atomic E-state index is 5.26. The molecule has 0 saturated carbocycles. The lowest BCUT2D eigenvalue weighted by atomic mass is 10.0. The van der Waals surface area contributed by atoms with Crippen LogP contribution in [0.1, 0.15) is 5.56 Å². The molecule has 0 N–H and O–H groups in total. The predicted octanol–water partition coefficient (Wildman–Crippen LogP) is 3.27. The molecular weight excluding hydrogens is 266 g/mol. The van der Waals surface area contributed by atoms with Crippen molar-refractivity contribution in [1.29, 1.82) is 0 Å². The van der Waals surface area contributed by atoms with Crippen LogP contribution in [0.3, 0.4) is 0 Å². The molecule has 1 unspecified atom stereocenters. The first kappa shape index (κ1) is 11.3. The number of halogens is 1. The number of nitrogens with zero attached hydrogens (tertiary/aromatic N) is 1. The summed E-state index contributed by atoms with van der Waals surface area (Å²) in [5, 5.41) is 0. The van der Waals surface area contributed by atoms with E-state index in [0.29, 0.717) is 6.04 Å². The van der Waals surface area contributed by atoms with E-state index in [1.54, 1.807) is 7.11 Å². The molecule has 3 heteroatoms. The van der Waals surface area contributed by atoms with Gasteiger partial charge in [0.15, 0.2) is 5.88 Å². The van der Waals surface area contributed by atoms with E-state index in [1.165, 1.54) is 5.56 Å². The second-order valence-corrected chi connectivity index (χ2v) is 4.43. The fourth-order valence-electron chi connectivity index (χ4n) is 1.74. The van der Waals surface area contributed by atoms with Gasteiger partial charge in [0.2, 0.25) is 0 Å². The van der Waals surface area contributed by atoms with Gasteiger partial charge in [0, 0.05) is 0 Å². The number of allylic oxidation sites excluding steroid dienone is 2. The monoisotopic (exact) mass is 279 g/mol. The molecule has 0 aliphatic carbocycles. The quantitative estimate of drug-likeness (QED) is 0.788. The van der Waals surface area contributed by atoms with E-state index in [2.05, 4.69) is 46.5 Å². The molecule has 1 aromatic carbocycles. The molecule has 1 aliphatic heterocycles. The smallest absolute Gasteiger partial charge is 0.199 e. The standard InChI is InChI=1S/C13H14BrNO/c1-16-13-9-5-8-12(15(13)14)10-11-6-3-2-4-7-11/h2-9,12H,10H2,1H3. The Bertz CT molecular complexity index is 400. The van der Waals surface area contributed by atoms with E-state index in [0.717, 1.165) is 12.3 Å². The maximum absolute atomic E-state index is 5.26. The molecule has 0 spiro atoms. The van der Waals surface area contributed by atoms with Gasteiger partial charge in [0.1, 0.15) is 0 Å². The lowest BCUT2D eigenvalue weighted by Gasteiger charge is -2.28. The first-order valence-electron chi connectivity index (χ1n) is 5.22. The van der Waals surface area contributed by atoms with Gasteiger partial charge in [-0.25, -0.2) is 0 Å². The fraction of sp³-hybridized carbons (Fsp3) is 0.231. The summed E-state index contributed by atoms with van der Waals surface area (Å²) in [6.07, 6.45) is 7.09. The van der Waals surface area contributed by atoms with E-state index in [9.17, 15) is 0 Å². The Morgan fingerprint density at radius 3 is 2.75 bits per heavy atom. The van der Waals surface area contributed by atoms with Crippen molar-refractivity contribution in [3.63, 3.8) is 0 Å². The van der Waals surface area contributed by atoms with Crippen LogP contribution in [0.15, 0.2) is 54.4 Å². The first-order valence-corrected chi connectivity index (χ1v) is 5.93. The lowest BCUT2D eigenvalue weighted by molar-refractivity contribution is 0.205. The normalized spacial score (nSPS) is 19.5. The van der Waals surface area contributed by atoms with Gasteiger partial charge >= 0.3 is 0 Å². The SMILES string of the molecule is COC1=CC=CC(Cc2ccccc2)N1Br. The molecule has 0 saturated heterocycles.